The van der Waals surface area contributed by atoms with Crippen LogP contribution in [0.3, 0.4) is 0 Å². The second-order valence-electron chi connectivity index (χ2n) is 4.81. The van der Waals surface area contributed by atoms with Crippen molar-refractivity contribution in [3.05, 3.63) is 29.8 Å². The monoisotopic (exact) mass is 260 g/mol. The lowest BCUT2D eigenvalue weighted by atomic mass is 10.1. The summed E-state index contributed by atoms with van der Waals surface area (Å²) in [6, 6.07) is 7.30. The zero-order valence-electron chi connectivity index (χ0n) is 11.5. The minimum atomic E-state index is -0.257. The molecule has 0 aromatic heterocycles. The number of ketones is 1. The van der Waals surface area contributed by atoms with Gasteiger partial charge in [-0.2, -0.15) is 0 Å². The van der Waals surface area contributed by atoms with E-state index in [4.69, 9.17) is 0 Å². The number of carbonyl (C=O) groups is 2. The smallest absolute Gasteiger partial charge is 0.242 e. The van der Waals surface area contributed by atoms with Gasteiger partial charge in [-0.25, -0.2) is 0 Å². The number of likely N-dealkylation sites (N-methyl/N-ethyl adjacent to an activating group) is 1. The Hall–Kier alpha value is -1.84. The topological polar surface area (TPSA) is 49.4 Å². The van der Waals surface area contributed by atoms with Crippen LogP contribution in [-0.4, -0.2) is 30.8 Å². The van der Waals surface area contributed by atoms with Gasteiger partial charge in [0.05, 0.1) is 0 Å². The lowest BCUT2D eigenvalue weighted by Gasteiger charge is -2.30. The summed E-state index contributed by atoms with van der Waals surface area (Å²) in [4.78, 5) is 26.1. The third kappa shape index (κ3) is 2.78. The molecule has 19 heavy (non-hydrogen) atoms. The van der Waals surface area contributed by atoms with Crippen LogP contribution in [0.4, 0.5) is 5.69 Å². The average Bonchev–Trinajstić information content (AvgIpc) is 2.58. The fourth-order valence-corrected chi connectivity index (χ4v) is 2.49. The maximum absolute atomic E-state index is 12.0. The quantitative estimate of drug-likeness (QED) is 0.904. The molecule has 0 aliphatic carbocycles. The lowest BCUT2D eigenvalue weighted by molar-refractivity contribution is -0.121. The van der Waals surface area contributed by atoms with Crippen LogP contribution < -0.4 is 10.2 Å². The summed E-state index contributed by atoms with van der Waals surface area (Å²) in [5.41, 5.74) is 1.61. The van der Waals surface area contributed by atoms with Crippen molar-refractivity contribution in [1.29, 1.82) is 0 Å². The summed E-state index contributed by atoms with van der Waals surface area (Å²) in [7, 11) is 0. The van der Waals surface area contributed by atoms with E-state index in [0.29, 0.717) is 13.0 Å². The molecule has 2 rings (SSSR count). The van der Waals surface area contributed by atoms with E-state index in [9.17, 15) is 9.59 Å². The number of hydrogen-bond acceptors (Lipinski definition) is 3. The molecule has 0 saturated heterocycles. The highest BCUT2D eigenvalue weighted by Gasteiger charge is 2.27. The fraction of sp³-hybridized carbons (Fsp3) is 0.467. The van der Waals surface area contributed by atoms with Gasteiger partial charge in [-0.15, -0.1) is 0 Å². The van der Waals surface area contributed by atoms with Gasteiger partial charge in [-0.1, -0.05) is 12.1 Å². The van der Waals surface area contributed by atoms with Gasteiger partial charge in [0.15, 0.2) is 5.78 Å². The SMILES string of the molecule is CCNC(=O)C(C)N1CCCC(=O)c2ccccc21. The Kier molecular flexibility index (Phi) is 4.20. The number of anilines is 1. The predicted molar refractivity (Wildman–Crippen MR) is 75.5 cm³/mol. The molecular weight excluding hydrogens is 240 g/mol. The molecule has 0 radical (unpaired) electrons. The van der Waals surface area contributed by atoms with Crippen molar-refractivity contribution in [2.45, 2.75) is 32.7 Å². The Morgan fingerprint density at radius 3 is 2.89 bits per heavy atom. The van der Waals surface area contributed by atoms with E-state index in [-0.39, 0.29) is 17.7 Å². The van der Waals surface area contributed by atoms with E-state index in [1.165, 1.54) is 0 Å². The highest BCUT2D eigenvalue weighted by molar-refractivity contribution is 6.02. The number of nitrogens with one attached hydrogen (secondary N) is 1. The molecule has 1 amide bonds. The van der Waals surface area contributed by atoms with Crippen molar-refractivity contribution in [1.82, 2.24) is 5.32 Å². The number of hydrogen-bond donors (Lipinski definition) is 1. The molecule has 4 heteroatoms. The Labute approximate surface area is 113 Å². The van der Waals surface area contributed by atoms with Crippen molar-refractivity contribution >= 4 is 17.4 Å². The number of nitrogens with zero attached hydrogens (tertiary/aromatic N) is 1. The van der Waals surface area contributed by atoms with Gasteiger partial charge in [0, 0.05) is 30.8 Å². The van der Waals surface area contributed by atoms with E-state index >= 15 is 0 Å². The van der Waals surface area contributed by atoms with E-state index in [0.717, 1.165) is 24.2 Å². The third-order valence-corrected chi connectivity index (χ3v) is 3.51. The standard InChI is InChI=1S/C15H20N2O2/c1-3-16-15(19)11(2)17-10-6-9-14(18)12-7-4-5-8-13(12)17/h4-5,7-8,11H,3,6,9-10H2,1-2H3,(H,16,19). The zero-order chi connectivity index (χ0) is 13.8. The van der Waals surface area contributed by atoms with Crippen molar-refractivity contribution < 1.29 is 9.59 Å². The first-order chi connectivity index (χ1) is 9.15. The summed E-state index contributed by atoms with van der Waals surface area (Å²) in [5, 5.41) is 2.84. The van der Waals surface area contributed by atoms with E-state index in [1.54, 1.807) is 0 Å². The maximum Gasteiger partial charge on any atom is 0.242 e. The molecule has 1 aliphatic heterocycles. The van der Waals surface area contributed by atoms with Crippen LogP contribution in [0.1, 0.15) is 37.0 Å². The van der Waals surface area contributed by atoms with Crippen LogP contribution >= 0.6 is 0 Å². The molecule has 1 unspecified atom stereocenters. The van der Waals surface area contributed by atoms with Crippen molar-refractivity contribution in [2.75, 3.05) is 18.0 Å². The molecule has 0 bridgehead atoms. The van der Waals surface area contributed by atoms with Crippen LogP contribution in [0.2, 0.25) is 0 Å². The number of rotatable bonds is 3. The number of para-hydroxylation sites is 1. The van der Waals surface area contributed by atoms with E-state index < -0.39 is 0 Å². The van der Waals surface area contributed by atoms with Crippen molar-refractivity contribution in [2.24, 2.45) is 0 Å². The van der Waals surface area contributed by atoms with Crippen LogP contribution in [0.25, 0.3) is 0 Å². The molecule has 1 heterocycles. The highest BCUT2D eigenvalue weighted by Crippen LogP contribution is 2.27. The van der Waals surface area contributed by atoms with Gasteiger partial charge in [-0.3, -0.25) is 9.59 Å². The molecule has 1 N–H and O–H groups in total. The molecule has 1 atom stereocenters. The summed E-state index contributed by atoms with van der Waals surface area (Å²) in [6.07, 6.45) is 1.34. The molecular formula is C15H20N2O2. The molecule has 4 nitrogen and oxygen atoms in total. The summed E-state index contributed by atoms with van der Waals surface area (Å²) >= 11 is 0. The van der Waals surface area contributed by atoms with Gasteiger partial charge in [0.2, 0.25) is 5.91 Å². The van der Waals surface area contributed by atoms with Gasteiger partial charge in [0.25, 0.3) is 0 Å². The Bertz CT molecular complexity index is 485. The van der Waals surface area contributed by atoms with Crippen LogP contribution in [0, 0.1) is 0 Å². The summed E-state index contributed by atoms with van der Waals surface area (Å²) in [6.45, 7) is 5.15. The normalized spacial score (nSPS) is 16.5. The number of benzene rings is 1. The molecule has 1 aliphatic rings. The number of carbonyl (C=O) groups excluding carboxylic acids is 2. The van der Waals surface area contributed by atoms with Gasteiger partial charge in [0.1, 0.15) is 6.04 Å². The lowest BCUT2D eigenvalue weighted by Crippen LogP contribution is -2.45. The van der Waals surface area contributed by atoms with E-state index in [2.05, 4.69) is 5.32 Å². The third-order valence-electron chi connectivity index (χ3n) is 3.51. The molecule has 0 fully saturated rings. The minimum absolute atomic E-state index is 0.00616. The first-order valence-electron chi connectivity index (χ1n) is 6.81. The van der Waals surface area contributed by atoms with Crippen molar-refractivity contribution in [3.8, 4) is 0 Å². The van der Waals surface area contributed by atoms with Crippen LogP contribution in [0.15, 0.2) is 24.3 Å². The fourth-order valence-electron chi connectivity index (χ4n) is 2.49. The first-order valence-corrected chi connectivity index (χ1v) is 6.81. The van der Waals surface area contributed by atoms with Crippen LogP contribution in [0.5, 0.6) is 0 Å². The molecule has 0 spiro atoms. The first kappa shape index (κ1) is 13.6. The molecule has 0 saturated carbocycles. The molecule has 102 valence electrons. The Morgan fingerprint density at radius 1 is 1.42 bits per heavy atom. The highest BCUT2D eigenvalue weighted by atomic mass is 16.2. The second-order valence-corrected chi connectivity index (χ2v) is 4.81. The number of Topliss-reactive ketones (excluding diaryl/α,β-unsaturated/α-hetero) is 1. The van der Waals surface area contributed by atoms with E-state index in [1.807, 2.05) is 43.0 Å². The van der Waals surface area contributed by atoms with Crippen molar-refractivity contribution in [3.63, 3.8) is 0 Å². The predicted octanol–water partition coefficient (Wildman–Crippen LogP) is 1.99. The number of amides is 1. The zero-order valence-corrected chi connectivity index (χ0v) is 11.5. The second kappa shape index (κ2) is 5.87. The number of fused-ring (bicyclic) bond motifs is 1. The van der Waals surface area contributed by atoms with Crippen LogP contribution in [-0.2, 0) is 4.79 Å². The largest absolute Gasteiger partial charge is 0.359 e. The Morgan fingerprint density at radius 2 is 2.16 bits per heavy atom. The van der Waals surface area contributed by atoms with Gasteiger partial charge >= 0.3 is 0 Å². The maximum atomic E-state index is 12.0. The molecule has 1 aromatic rings. The summed E-state index contributed by atoms with van der Waals surface area (Å²) in [5.74, 6) is 0.174. The Balaban J connectivity index is 2.33. The average molecular weight is 260 g/mol. The van der Waals surface area contributed by atoms with Gasteiger partial charge < -0.3 is 10.2 Å². The molecule has 1 aromatic carbocycles. The minimum Gasteiger partial charge on any atom is -0.359 e. The van der Waals surface area contributed by atoms with Gasteiger partial charge in [-0.05, 0) is 32.4 Å². The summed E-state index contributed by atoms with van der Waals surface area (Å²) < 4.78 is 0.